The van der Waals surface area contributed by atoms with Crippen molar-refractivity contribution in [3.8, 4) is 12.3 Å². The second-order valence-electron chi connectivity index (χ2n) is 7.35. The number of carbonyl (C=O) groups excluding carboxylic acids is 1. The van der Waals surface area contributed by atoms with E-state index in [9.17, 15) is 19.8 Å². The molecule has 11 nitrogen and oxygen atoms in total. The van der Waals surface area contributed by atoms with Gasteiger partial charge in [-0.25, -0.2) is 4.39 Å². The summed E-state index contributed by atoms with van der Waals surface area (Å²) >= 11 is 0. The van der Waals surface area contributed by atoms with Crippen LogP contribution in [0.1, 0.15) is 25.6 Å². The van der Waals surface area contributed by atoms with Gasteiger partial charge in [0.05, 0.1) is 10.9 Å². The molecule has 0 amide bonds. The largest absolute Gasteiger partial charge is 0.458 e. The van der Waals surface area contributed by atoms with Crippen molar-refractivity contribution in [3.63, 3.8) is 0 Å². The molecule has 1 saturated heterocycles. The highest BCUT2D eigenvalue weighted by atomic mass is 19.2. The van der Waals surface area contributed by atoms with Gasteiger partial charge in [0.15, 0.2) is 18.5 Å². The zero-order valence-electron chi connectivity index (χ0n) is 16.2. The van der Waals surface area contributed by atoms with Gasteiger partial charge in [0.1, 0.15) is 18.2 Å². The van der Waals surface area contributed by atoms with Crippen molar-refractivity contribution < 1.29 is 28.9 Å². The zero-order valence-corrected chi connectivity index (χ0v) is 16.2. The van der Waals surface area contributed by atoms with Crippen molar-refractivity contribution in [3.05, 3.63) is 22.1 Å². The van der Waals surface area contributed by atoms with E-state index >= 15 is 4.39 Å². The summed E-state index contributed by atoms with van der Waals surface area (Å²) in [6.07, 6.45) is 1.21. The molecule has 30 heavy (non-hydrogen) atoms. The maximum Gasteiger partial charge on any atom is 0.323 e. The molecule has 1 fully saturated rings. The van der Waals surface area contributed by atoms with Crippen LogP contribution in [0.4, 0.5) is 10.3 Å². The number of nitrogens with one attached hydrogen (secondary N) is 1. The average molecular weight is 423 g/mol. The number of fused-ring (bicyclic) bond motifs is 1. The highest BCUT2D eigenvalue weighted by Gasteiger charge is 2.57. The highest BCUT2D eigenvalue weighted by Crippen LogP contribution is 2.40. The third-order valence-corrected chi connectivity index (χ3v) is 4.91. The first kappa shape index (κ1) is 21.7. The van der Waals surface area contributed by atoms with Gasteiger partial charge in [0.2, 0.25) is 5.95 Å². The monoisotopic (exact) mass is 423 g/mol. The molecular formula is C18H22FN5O6. The molecule has 0 saturated carbocycles. The summed E-state index contributed by atoms with van der Waals surface area (Å²) in [5, 5.41) is 20.6. The first-order valence-electron chi connectivity index (χ1n) is 9.02. The summed E-state index contributed by atoms with van der Waals surface area (Å²) in [5.74, 6) is -2.06. The van der Waals surface area contributed by atoms with Crippen LogP contribution in [-0.2, 0) is 14.3 Å². The second-order valence-corrected chi connectivity index (χ2v) is 7.35. The number of hydrogen-bond acceptors (Lipinski definition) is 9. The lowest BCUT2D eigenvalue weighted by molar-refractivity contribution is -0.216. The summed E-state index contributed by atoms with van der Waals surface area (Å²) < 4.78 is 26.4. The van der Waals surface area contributed by atoms with E-state index in [4.69, 9.17) is 27.4 Å². The molecule has 7 N–H and O–H groups in total. The Morgan fingerprint density at radius 2 is 2.23 bits per heavy atom. The van der Waals surface area contributed by atoms with Crippen LogP contribution in [0.15, 0.2) is 11.0 Å². The molecule has 3 heterocycles. The molecule has 0 radical (unpaired) electrons. The molecule has 2 aromatic rings. The van der Waals surface area contributed by atoms with Gasteiger partial charge in [-0.3, -0.25) is 14.6 Å². The van der Waals surface area contributed by atoms with E-state index in [1.165, 1.54) is 6.20 Å². The quantitative estimate of drug-likeness (QED) is 0.290. The number of esters is 1. The number of rotatable bonds is 5. The summed E-state index contributed by atoms with van der Waals surface area (Å²) in [6, 6.07) is -1.00. The summed E-state index contributed by atoms with van der Waals surface area (Å²) in [7, 11) is 0. The van der Waals surface area contributed by atoms with E-state index in [0.29, 0.717) is 0 Å². The Morgan fingerprint density at radius 3 is 2.83 bits per heavy atom. The lowest BCUT2D eigenvalue weighted by Gasteiger charge is -2.24. The van der Waals surface area contributed by atoms with Gasteiger partial charge in [0, 0.05) is 6.20 Å². The summed E-state index contributed by atoms with van der Waals surface area (Å²) in [5.41, 5.74) is 10.6. The molecule has 0 aromatic carbocycles. The van der Waals surface area contributed by atoms with Crippen molar-refractivity contribution in [2.24, 2.45) is 11.7 Å². The Labute approximate surface area is 169 Å². The van der Waals surface area contributed by atoms with Crippen LogP contribution in [0.2, 0.25) is 0 Å². The van der Waals surface area contributed by atoms with Crippen LogP contribution in [0, 0.1) is 18.3 Å². The van der Waals surface area contributed by atoms with E-state index in [1.807, 2.05) is 0 Å². The molecule has 0 bridgehead atoms. The van der Waals surface area contributed by atoms with Crippen LogP contribution in [0.5, 0.6) is 0 Å². The van der Waals surface area contributed by atoms with Crippen LogP contribution < -0.4 is 17.0 Å². The lowest BCUT2D eigenvalue weighted by atomic mass is 10.1. The minimum absolute atomic E-state index is 0.0253. The number of nitrogens with zero attached hydrogens (tertiary/aromatic N) is 2. The minimum Gasteiger partial charge on any atom is -0.458 e. The van der Waals surface area contributed by atoms with E-state index in [-0.39, 0.29) is 28.5 Å². The Hall–Kier alpha value is -2.98. The van der Waals surface area contributed by atoms with Crippen molar-refractivity contribution in [2.45, 2.75) is 44.2 Å². The van der Waals surface area contributed by atoms with Crippen LogP contribution >= 0.6 is 0 Å². The van der Waals surface area contributed by atoms with Gasteiger partial charge in [-0.2, -0.15) is 4.98 Å². The van der Waals surface area contributed by atoms with Gasteiger partial charge in [-0.1, -0.05) is 19.8 Å². The molecule has 1 aliphatic rings. The molecule has 1 aliphatic heterocycles. The fraction of sp³-hybridized carbons (Fsp3) is 0.500. The van der Waals surface area contributed by atoms with Crippen molar-refractivity contribution in [1.29, 1.82) is 0 Å². The van der Waals surface area contributed by atoms with Gasteiger partial charge >= 0.3 is 5.97 Å². The Morgan fingerprint density at radius 1 is 1.57 bits per heavy atom. The number of H-pyrrole nitrogens is 1. The summed E-state index contributed by atoms with van der Waals surface area (Å²) in [4.78, 5) is 30.4. The first-order chi connectivity index (χ1) is 14.0. The number of ether oxygens (including phenoxy) is 2. The third kappa shape index (κ3) is 3.52. The molecule has 5 atom stereocenters. The number of anilines is 1. The maximum atomic E-state index is 15.2. The second kappa shape index (κ2) is 7.69. The molecule has 162 valence electrons. The first-order valence-corrected chi connectivity index (χ1v) is 9.02. The van der Waals surface area contributed by atoms with E-state index in [2.05, 4.69) is 15.9 Å². The molecule has 3 rings (SSSR count). The molecule has 2 aromatic heterocycles. The fourth-order valence-electron chi connectivity index (χ4n) is 3.11. The number of carbonyl (C=O) groups is 1. The van der Waals surface area contributed by atoms with Crippen molar-refractivity contribution in [1.82, 2.24) is 14.5 Å². The SMILES string of the molecule is C#Cc1cn([C@@H]2O[C@](F)(COC(=O)[C@@H](N)C(C)C)[C@@H](O)[C@H]2O)c2nc(N)[nH]c(=O)c12. The van der Waals surface area contributed by atoms with Gasteiger partial charge in [-0.15, -0.1) is 6.42 Å². The Bertz CT molecular complexity index is 1080. The van der Waals surface area contributed by atoms with E-state index in [0.717, 1.165) is 4.57 Å². The number of nitrogens with two attached hydrogens (primary N) is 2. The number of halogens is 1. The number of nitrogen functional groups attached to an aromatic ring is 1. The predicted molar refractivity (Wildman–Crippen MR) is 102 cm³/mol. The Balaban J connectivity index is 1.93. The van der Waals surface area contributed by atoms with Gasteiger partial charge in [0.25, 0.3) is 11.4 Å². The minimum atomic E-state index is -2.95. The standard InChI is InChI=1S/C18H22FN5O6/c1-4-8-5-24(13-9(8)14(27)23-17(21)22-13)15-11(25)12(26)18(19,30-15)6-29-16(28)10(20)7(2)3/h1,5,7,10-12,15,25-26H,6,20H2,2-3H3,(H3,21,22,23,27)/t10-,11+,12-,15+,18+/m0/s1. The number of alkyl halides is 1. The highest BCUT2D eigenvalue weighted by molar-refractivity contribution is 5.83. The average Bonchev–Trinajstić information content (AvgIpc) is 3.16. The topological polar surface area (TPSA) is 179 Å². The molecule has 12 heteroatoms. The van der Waals surface area contributed by atoms with Crippen LogP contribution in [0.25, 0.3) is 11.0 Å². The Kier molecular flexibility index (Phi) is 5.57. The molecule has 0 aliphatic carbocycles. The molecular weight excluding hydrogens is 401 g/mol. The number of aromatic amines is 1. The number of aromatic nitrogens is 3. The normalized spacial score (nSPS) is 27.3. The maximum absolute atomic E-state index is 15.2. The van der Waals surface area contributed by atoms with E-state index in [1.54, 1.807) is 13.8 Å². The summed E-state index contributed by atoms with van der Waals surface area (Å²) in [6.45, 7) is 2.34. The molecule has 0 spiro atoms. The lowest BCUT2D eigenvalue weighted by Crippen LogP contribution is -2.46. The third-order valence-electron chi connectivity index (χ3n) is 4.91. The number of aliphatic hydroxyl groups is 2. The van der Waals surface area contributed by atoms with Gasteiger partial charge in [-0.05, 0) is 5.92 Å². The van der Waals surface area contributed by atoms with Crippen LogP contribution in [0.3, 0.4) is 0 Å². The van der Waals surface area contributed by atoms with Crippen molar-refractivity contribution in [2.75, 3.05) is 12.3 Å². The zero-order chi connectivity index (χ0) is 22.4. The van der Waals surface area contributed by atoms with E-state index < -0.39 is 48.5 Å². The van der Waals surface area contributed by atoms with Crippen LogP contribution in [-0.4, -0.2) is 61.4 Å². The molecule has 0 unspecified atom stereocenters. The predicted octanol–water partition coefficient (Wildman–Crippen LogP) is -1.27. The number of aliphatic hydroxyl groups excluding tert-OH is 2. The smallest absolute Gasteiger partial charge is 0.323 e. The fourth-order valence-corrected chi connectivity index (χ4v) is 3.11. The number of terminal acetylenes is 1. The van der Waals surface area contributed by atoms with Crippen molar-refractivity contribution >= 4 is 23.0 Å². The van der Waals surface area contributed by atoms with Gasteiger partial charge < -0.3 is 35.7 Å². The number of hydrogen-bond donors (Lipinski definition) is 5.